The van der Waals surface area contributed by atoms with Crippen molar-refractivity contribution < 1.29 is 45.3 Å². The average Bonchev–Trinajstić information content (AvgIpc) is 3.08. The van der Waals surface area contributed by atoms with E-state index < -0.39 is 47.3 Å². The van der Waals surface area contributed by atoms with Gasteiger partial charge < -0.3 is 18.9 Å². The van der Waals surface area contributed by atoms with Gasteiger partial charge in [-0.1, -0.05) is 102 Å². The maximum atomic E-state index is 15.1. The number of ether oxygens (including phenoxy) is 4. The largest absolute Gasteiger partial charge is 0.490 e. The van der Waals surface area contributed by atoms with Crippen molar-refractivity contribution in [2.45, 2.75) is 109 Å². The Bertz CT molecular complexity index is 1420. The number of halogens is 6. The maximum Gasteiger partial charge on any atom is 0.386 e. The zero-order valence-electron chi connectivity index (χ0n) is 27.8. The number of alkyl halides is 2. The van der Waals surface area contributed by atoms with Crippen LogP contribution in [0.5, 0.6) is 5.75 Å². The summed E-state index contributed by atoms with van der Waals surface area (Å²) in [6, 6.07) is 10.1. The normalized spacial score (nSPS) is 16.8. The van der Waals surface area contributed by atoms with E-state index in [1.807, 2.05) is 0 Å². The monoisotopic (exact) mass is 680 g/mol. The topological polar surface area (TPSA) is 36.9 Å². The molecular formula is C38H46F6O4. The first-order chi connectivity index (χ1) is 23.2. The first-order valence-electron chi connectivity index (χ1n) is 17.1. The fourth-order valence-electron chi connectivity index (χ4n) is 5.70. The van der Waals surface area contributed by atoms with Crippen molar-refractivity contribution in [2.75, 3.05) is 19.8 Å². The zero-order chi connectivity index (χ0) is 34.5. The lowest BCUT2D eigenvalue weighted by molar-refractivity contribution is -0.320. The van der Waals surface area contributed by atoms with Crippen molar-refractivity contribution in [3.63, 3.8) is 0 Å². The summed E-state index contributed by atoms with van der Waals surface area (Å²) in [6.07, 6.45) is 6.50. The van der Waals surface area contributed by atoms with E-state index in [1.54, 1.807) is 0 Å². The van der Waals surface area contributed by atoms with Gasteiger partial charge in [0.15, 0.2) is 29.5 Å². The van der Waals surface area contributed by atoms with Gasteiger partial charge in [-0.2, -0.15) is 13.2 Å². The highest BCUT2D eigenvalue weighted by Gasteiger charge is 2.41. The van der Waals surface area contributed by atoms with Gasteiger partial charge in [-0.25, -0.2) is 13.2 Å². The Balaban J connectivity index is 1.35. The molecule has 10 heteroatoms. The molecule has 4 nitrogen and oxygen atoms in total. The van der Waals surface area contributed by atoms with Crippen LogP contribution in [0.25, 0.3) is 22.3 Å². The summed E-state index contributed by atoms with van der Waals surface area (Å²) in [7, 11) is 0. The lowest BCUT2D eigenvalue weighted by atomic mass is 9.98. The van der Waals surface area contributed by atoms with E-state index >= 15 is 13.2 Å². The van der Waals surface area contributed by atoms with E-state index in [4.69, 9.17) is 18.9 Å². The molecule has 264 valence electrons. The Morgan fingerprint density at radius 2 is 1.15 bits per heavy atom. The minimum Gasteiger partial charge on any atom is -0.490 e. The minimum atomic E-state index is -4.15. The van der Waals surface area contributed by atoms with Crippen LogP contribution in [0.4, 0.5) is 26.3 Å². The second-order valence-corrected chi connectivity index (χ2v) is 12.3. The van der Waals surface area contributed by atoms with Crippen LogP contribution >= 0.6 is 0 Å². The van der Waals surface area contributed by atoms with Crippen LogP contribution in [0.2, 0.25) is 0 Å². The van der Waals surface area contributed by atoms with Gasteiger partial charge in [0.05, 0.1) is 25.4 Å². The van der Waals surface area contributed by atoms with Crippen molar-refractivity contribution in [3.8, 4) is 28.0 Å². The molecule has 0 atom stereocenters. The Morgan fingerprint density at radius 1 is 0.625 bits per heavy atom. The van der Waals surface area contributed by atoms with Crippen molar-refractivity contribution >= 4 is 0 Å². The van der Waals surface area contributed by atoms with Crippen LogP contribution < -0.4 is 4.74 Å². The van der Waals surface area contributed by atoms with Gasteiger partial charge in [0.2, 0.25) is 5.82 Å². The third-order valence-electron chi connectivity index (χ3n) is 8.50. The molecular weight excluding hydrogens is 634 g/mol. The molecule has 0 aliphatic carbocycles. The molecule has 1 fully saturated rings. The molecule has 0 radical (unpaired) electrons. The number of hydrogen-bond donors (Lipinski definition) is 0. The third kappa shape index (κ3) is 10.2. The lowest BCUT2D eigenvalue weighted by Gasteiger charge is -2.31. The van der Waals surface area contributed by atoms with Gasteiger partial charge in [0.1, 0.15) is 6.10 Å². The second-order valence-electron chi connectivity index (χ2n) is 12.3. The molecule has 3 aromatic rings. The highest BCUT2D eigenvalue weighted by molar-refractivity contribution is 5.71. The summed E-state index contributed by atoms with van der Waals surface area (Å²) in [6.45, 7) is 4.18. The Morgan fingerprint density at radius 3 is 1.75 bits per heavy atom. The molecule has 0 bridgehead atoms. The van der Waals surface area contributed by atoms with Gasteiger partial charge in [-0.05, 0) is 48.6 Å². The maximum absolute atomic E-state index is 15.1. The van der Waals surface area contributed by atoms with Gasteiger partial charge >= 0.3 is 6.11 Å². The molecule has 1 heterocycles. The fourth-order valence-corrected chi connectivity index (χ4v) is 5.70. The first kappa shape index (κ1) is 37.7. The highest BCUT2D eigenvalue weighted by atomic mass is 19.3. The van der Waals surface area contributed by atoms with E-state index in [-0.39, 0.29) is 47.8 Å². The second kappa shape index (κ2) is 18.6. The van der Waals surface area contributed by atoms with E-state index in [1.165, 1.54) is 62.1 Å². The number of rotatable bonds is 19. The van der Waals surface area contributed by atoms with Crippen LogP contribution in [0.3, 0.4) is 0 Å². The van der Waals surface area contributed by atoms with Gasteiger partial charge in [-0.15, -0.1) is 0 Å². The molecule has 0 saturated carbocycles. The summed E-state index contributed by atoms with van der Waals surface area (Å²) in [5.74, 6) is -5.63. The predicted octanol–water partition coefficient (Wildman–Crippen LogP) is 11.5. The molecule has 0 aromatic heterocycles. The number of hydrogen-bond acceptors (Lipinski definition) is 4. The molecule has 1 aliphatic rings. The number of unbranched alkanes of at least 4 members (excludes halogenated alkanes) is 9. The molecule has 3 aromatic carbocycles. The Labute approximate surface area is 279 Å². The van der Waals surface area contributed by atoms with E-state index in [2.05, 4.69) is 13.8 Å². The van der Waals surface area contributed by atoms with Crippen LogP contribution in [0.1, 0.15) is 96.5 Å². The molecule has 0 spiro atoms. The third-order valence-corrected chi connectivity index (χ3v) is 8.50. The molecule has 4 rings (SSSR count). The quantitative estimate of drug-likeness (QED) is 0.0933. The van der Waals surface area contributed by atoms with Gasteiger partial charge in [0.25, 0.3) is 0 Å². The highest BCUT2D eigenvalue weighted by Crippen LogP contribution is 2.38. The summed E-state index contributed by atoms with van der Waals surface area (Å²) in [4.78, 5) is 0. The van der Waals surface area contributed by atoms with E-state index in [0.29, 0.717) is 6.42 Å². The van der Waals surface area contributed by atoms with Crippen molar-refractivity contribution in [3.05, 3.63) is 77.4 Å². The lowest BCUT2D eigenvalue weighted by Crippen LogP contribution is -2.40. The van der Waals surface area contributed by atoms with Crippen molar-refractivity contribution in [2.24, 2.45) is 0 Å². The predicted molar refractivity (Wildman–Crippen MR) is 174 cm³/mol. The molecule has 0 N–H and O–H groups in total. The molecule has 0 amide bonds. The number of benzene rings is 3. The zero-order valence-corrected chi connectivity index (χ0v) is 27.8. The average molecular weight is 681 g/mol. The van der Waals surface area contributed by atoms with Crippen LogP contribution in [-0.4, -0.2) is 32.2 Å². The molecule has 1 aliphatic heterocycles. The van der Waals surface area contributed by atoms with Crippen LogP contribution in [-0.2, 0) is 20.3 Å². The Kier molecular flexibility index (Phi) is 14.6. The SMILES string of the molecule is CCCCCCCCCCOc1ccc(-c2ccc(-c3ccc(C(F)(F)OC4COC(CCCCC)OC4)c(F)c3F)cc2)c(F)c1F. The van der Waals surface area contributed by atoms with Crippen molar-refractivity contribution in [1.29, 1.82) is 0 Å². The van der Waals surface area contributed by atoms with Gasteiger partial charge in [0, 0.05) is 11.1 Å². The van der Waals surface area contributed by atoms with E-state index in [9.17, 15) is 13.2 Å². The van der Waals surface area contributed by atoms with Crippen LogP contribution in [0, 0.1) is 23.3 Å². The van der Waals surface area contributed by atoms with Crippen molar-refractivity contribution in [1.82, 2.24) is 0 Å². The standard InChI is InChI=1S/C38H46F6O4/c1-3-5-7-8-9-10-11-13-23-45-32-22-20-30(35(40)37(32)42)27-17-15-26(16-18-27)29-19-21-31(36(41)34(29)39)38(43,44)48-28-24-46-33(47-25-28)14-12-6-4-2/h15-22,28,33H,3-14,23-25H2,1-2H3. The summed E-state index contributed by atoms with van der Waals surface area (Å²) >= 11 is 0. The van der Waals surface area contributed by atoms with Gasteiger partial charge in [-0.3, -0.25) is 0 Å². The minimum absolute atomic E-state index is 0.0415. The summed E-state index contributed by atoms with van der Waals surface area (Å²) in [5, 5.41) is 0. The summed E-state index contributed by atoms with van der Waals surface area (Å²) in [5.41, 5.74) is -1.14. The first-order valence-corrected chi connectivity index (χ1v) is 17.1. The van der Waals surface area contributed by atoms with Crippen LogP contribution in [0.15, 0.2) is 48.5 Å². The summed E-state index contributed by atoms with van der Waals surface area (Å²) < 4.78 is 111. The Hall–Kier alpha value is -3.08. The molecule has 0 unspecified atom stereocenters. The molecule has 1 saturated heterocycles. The fraction of sp³-hybridized carbons (Fsp3) is 0.526. The van der Waals surface area contributed by atoms with E-state index in [0.717, 1.165) is 57.1 Å². The molecule has 48 heavy (non-hydrogen) atoms. The smallest absolute Gasteiger partial charge is 0.386 e.